The van der Waals surface area contributed by atoms with Gasteiger partial charge in [-0.1, -0.05) is 0 Å². The molecule has 2 aromatic carbocycles. The van der Waals surface area contributed by atoms with Crippen molar-refractivity contribution in [2.75, 3.05) is 45.5 Å². The molecule has 0 aliphatic rings. The van der Waals surface area contributed by atoms with Gasteiger partial charge in [-0.25, -0.2) is 8.42 Å². The predicted molar refractivity (Wildman–Crippen MR) is 120 cm³/mol. The minimum atomic E-state index is -3.99. The van der Waals surface area contributed by atoms with E-state index in [2.05, 4.69) is 5.32 Å². The van der Waals surface area contributed by atoms with Gasteiger partial charge in [0.1, 0.15) is 18.0 Å². The lowest BCUT2D eigenvalue weighted by Gasteiger charge is -2.23. The summed E-state index contributed by atoms with van der Waals surface area (Å²) in [5, 5.41) is 13.8. The summed E-state index contributed by atoms with van der Waals surface area (Å²) in [5.74, 6) is 0.514. The molecular weight excluding hydrogens is 458 g/mol. The summed E-state index contributed by atoms with van der Waals surface area (Å²) in [6, 6.07) is 6.77. The Morgan fingerprint density at radius 2 is 1.61 bits per heavy atom. The summed E-state index contributed by atoms with van der Waals surface area (Å²) in [5.41, 5.74) is 0.0744. The third-order valence-corrected chi connectivity index (χ3v) is 5.72. The molecule has 0 aliphatic heterocycles. The molecule has 12 nitrogen and oxygen atoms in total. The molecule has 0 unspecified atom stereocenters. The molecule has 2 aromatic rings. The first kappa shape index (κ1) is 25.5. The Labute approximate surface area is 191 Å². The molecule has 13 heteroatoms. The van der Waals surface area contributed by atoms with E-state index >= 15 is 0 Å². The number of nitro benzene ring substituents is 1. The molecule has 1 amide bonds. The molecule has 0 fully saturated rings. The second-order valence-electron chi connectivity index (χ2n) is 6.65. The van der Waals surface area contributed by atoms with Crippen molar-refractivity contribution in [3.63, 3.8) is 0 Å². The van der Waals surface area contributed by atoms with Gasteiger partial charge >= 0.3 is 0 Å². The van der Waals surface area contributed by atoms with E-state index in [9.17, 15) is 23.3 Å². The maximum absolute atomic E-state index is 12.7. The van der Waals surface area contributed by atoms with Crippen LogP contribution in [-0.4, -0.2) is 60.5 Å². The van der Waals surface area contributed by atoms with Gasteiger partial charge in [-0.05, 0) is 18.2 Å². The zero-order chi connectivity index (χ0) is 24.8. The van der Waals surface area contributed by atoms with Crippen LogP contribution in [0.1, 0.15) is 5.56 Å². The summed E-state index contributed by atoms with van der Waals surface area (Å²) in [7, 11) is 1.64. The van der Waals surface area contributed by atoms with Gasteiger partial charge in [0.05, 0.1) is 39.6 Å². The van der Waals surface area contributed by atoms with Crippen LogP contribution in [0.4, 0.5) is 11.4 Å². The van der Waals surface area contributed by atoms with Crippen LogP contribution in [0, 0.1) is 10.1 Å². The number of non-ortho nitro benzene ring substituents is 1. The molecule has 0 aromatic heterocycles. The lowest BCUT2D eigenvalue weighted by Crippen LogP contribution is -2.40. The van der Waals surface area contributed by atoms with Crippen molar-refractivity contribution in [1.29, 1.82) is 0 Å². The third-order valence-electron chi connectivity index (χ3n) is 4.59. The fourth-order valence-electron chi connectivity index (χ4n) is 3.05. The number of amides is 1. The zero-order valence-electron chi connectivity index (χ0n) is 18.8. The SMILES string of the molecule is COc1ccc([N+](=O)[O-])cc1N(CC(=O)NCc1ccc(OC)c(OC)c1OC)S(C)(=O)=O. The average molecular weight is 483 g/mol. The molecule has 0 aliphatic carbocycles. The smallest absolute Gasteiger partial charge is 0.271 e. The van der Waals surface area contributed by atoms with Gasteiger partial charge in [-0.15, -0.1) is 0 Å². The fraction of sp³-hybridized carbons (Fsp3) is 0.350. The molecular formula is C20H25N3O9S. The van der Waals surface area contributed by atoms with Gasteiger partial charge in [-0.2, -0.15) is 0 Å². The Kier molecular flexibility index (Phi) is 8.29. The molecule has 0 spiro atoms. The Bertz CT molecular complexity index is 1140. The van der Waals surface area contributed by atoms with E-state index < -0.39 is 27.4 Å². The molecule has 0 atom stereocenters. The van der Waals surface area contributed by atoms with Crippen molar-refractivity contribution < 1.29 is 37.1 Å². The topological polar surface area (TPSA) is 147 Å². The Balaban J connectivity index is 2.31. The van der Waals surface area contributed by atoms with Crippen molar-refractivity contribution in [1.82, 2.24) is 5.32 Å². The summed E-state index contributed by atoms with van der Waals surface area (Å²) >= 11 is 0. The minimum Gasteiger partial charge on any atom is -0.495 e. The molecule has 180 valence electrons. The second kappa shape index (κ2) is 10.7. The van der Waals surface area contributed by atoms with E-state index in [4.69, 9.17) is 18.9 Å². The number of nitro groups is 1. The van der Waals surface area contributed by atoms with E-state index in [0.717, 1.165) is 16.6 Å². The normalized spacial score (nSPS) is 10.8. The summed E-state index contributed by atoms with van der Waals surface area (Å²) in [4.78, 5) is 23.1. The minimum absolute atomic E-state index is 0.00790. The van der Waals surface area contributed by atoms with Gasteiger partial charge in [0.15, 0.2) is 11.5 Å². The number of carbonyl (C=O) groups is 1. The van der Waals surface area contributed by atoms with Crippen molar-refractivity contribution in [2.24, 2.45) is 0 Å². The van der Waals surface area contributed by atoms with E-state index in [1.54, 1.807) is 12.1 Å². The number of rotatable bonds is 11. The fourth-order valence-corrected chi connectivity index (χ4v) is 3.90. The molecule has 0 heterocycles. The molecule has 33 heavy (non-hydrogen) atoms. The van der Waals surface area contributed by atoms with Gasteiger partial charge in [0, 0.05) is 24.2 Å². The summed E-state index contributed by atoms with van der Waals surface area (Å²) < 4.78 is 46.6. The number of hydrogen-bond acceptors (Lipinski definition) is 9. The quantitative estimate of drug-likeness (QED) is 0.373. The molecule has 0 saturated carbocycles. The van der Waals surface area contributed by atoms with Crippen molar-refractivity contribution in [2.45, 2.75) is 6.54 Å². The van der Waals surface area contributed by atoms with E-state index in [-0.39, 0.29) is 23.7 Å². The van der Waals surface area contributed by atoms with Crippen LogP contribution in [0.2, 0.25) is 0 Å². The van der Waals surface area contributed by atoms with Gasteiger partial charge in [0.25, 0.3) is 5.69 Å². The molecule has 1 N–H and O–H groups in total. The molecule has 0 bridgehead atoms. The van der Waals surface area contributed by atoms with E-state index in [1.807, 2.05) is 0 Å². The van der Waals surface area contributed by atoms with E-state index in [1.165, 1.54) is 40.6 Å². The van der Waals surface area contributed by atoms with E-state index in [0.29, 0.717) is 22.8 Å². The van der Waals surface area contributed by atoms with Crippen LogP contribution in [0.5, 0.6) is 23.0 Å². The van der Waals surface area contributed by atoms with Crippen LogP contribution in [0.25, 0.3) is 0 Å². The van der Waals surface area contributed by atoms with Crippen LogP contribution in [0.15, 0.2) is 30.3 Å². The standard InChI is InChI=1S/C20H25N3O9S/c1-29-16-9-7-14(23(25)26)10-15(16)22(33(5,27)28)12-18(24)21-11-13-6-8-17(30-2)20(32-4)19(13)31-3/h6-10H,11-12H2,1-5H3,(H,21,24). The van der Waals surface area contributed by atoms with Gasteiger partial charge in [-0.3, -0.25) is 19.2 Å². The molecule has 0 radical (unpaired) electrons. The highest BCUT2D eigenvalue weighted by Crippen LogP contribution is 2.39. The van der Waals surface area contributed by atoms with Gasteiger partial charge < -0.3 is 24.3 Å². The number of carbonyl (C=O) groups excluding carboxylic acids is 1. The van der Waals surface area contributed by atoms with Crippen molar-refractivity contribution in [3.05, 3.63) is 46.0 Å². The van der Waals surface area contributed by atoms with Crippen molar-refractivity contribution >= 4 is 27.3 Å². The van der Waals surface area contributed by atoms with Gasteiger partial charge in [0.2, 0.25) is 21.7 Å². The van der Waals surface area contributed by atoms with Crippen LogP contribution >= 0.6 is 0 Å². The number of ether oxygens (including phenoxy) is 4. The van der Waals surface area contributed by atoms with Crippen LogP contribution in [-0.2, 0) is 21.4 Å². The Morgan fingerprint density at radius 1 is 1.00 bits per heavy atom. The molecule has 0 saturated heterocycles. The number of methoxy groups -OCH3 is 4. The largest absolute Gasteiger partial charge is 0.495 e. The summed E-state index contributed by atoms with van der Waals surface area (Å²) in [6.07, 6.45) is 0.885. The molecule has 2 rings (SSSR count). The second-order valence-corrected chi connectivity index (χ2v) is 8.56. The first-order valence-corrected chi connectivity index (χ1v) is 11.3. The number of sulfonamides is 1. The highest BCUT2D eigenvalue weighted by molar-refractivity contribution is 7.92. The number of nitrogens with one attached hydrogen (secondary N) is 1. The monoisotopic (exact) mass is 483 g/mol. The Morgan fingerprint density at radius 3 is 2.12 bits per heavy atom. The third kappa shape index (κ3) is 5.94. The highest BCUT2D eigenvalue weighted by atomic mass is 32.2. The maximum atomic E-state index is 12.7. The van der Waals surface area contributed by atoms with Crippen LogP contribution < -0.4 is 28.6 Å². The lowest BCUT2D eigenvalue weighted by atomic mass is 10.1. The number of hydrogen-bond donors (Lipinski definition) is 1. The first-order valence-electron chi connectivity index (χ1n) is 9.42. The summed E-state index contributed by atoms with van der Waals surface area (Å²) in [6.45, 7) is -0.641. The number of benzene rings is 2. The first-order chi connectivity index (χ1) is 15.6. The predicted octanol–water partition coefficient (Wildman–Crippen LogP) is 1.71. The average Bonchev–Trinajstić information content (AvgIpc) is 2.78. The lowest BCUT2D eigenvalue weighted by molar-refractivity contribution is -0.384. The van der Waals surface area contributed by atoms with Crippen LogP contribution in [0.3, 0.4) is 0 Å². The zero-order valence-corrected chi connectivity index (χ0v) is 19.6. The highest BCUT2D eigenvalue weighted by Gasteiger charge is 2.26. The Hall–Kier alpha value is -3.74. The number of nitrogens with zero attached hydrogens (tertiary/aromatic N) is 2. The number of anilines is 1. The maximum Gasteiger partial charge on any atom is 0.271 e. The van der Waals surface area contributed by atoms with Crippen molar-refractivity contribution in [3.8, 4) is 23.0 Å².